The van der Waals surface area contributed by atoms with Crippen LogP contribution in [0.3, 0.4) is 0 Å². The molecule has 13 heavy (non-hydrogen) atoms. The highest BCUT2D eigenvalue weighted by molar-refractivity contribution is 6.30. The number of benzene rings is 1. The first-order valence-corrected chi connectivity index (χ1v) is 5.14. The van der Waals surface area contributed by atoms with E-state index in [2.05, 4.69) is 32.4 Å². The van der Waals surface area contributed by atoms with Crippen molar-refractivity contribution >= 4 is 11.6 Å². The van der Waals surface area contributed by atoms with E-state index in [4.69, 9.17) is 11.6 Å². The lowest BCUT2D eigenvalue weighted by Gasteiger charge is -2.03. The molecule has 0 fully saturated rings. The van der Waals surface area contributed by atoms with Crippen LogP contribution in [0.25, 0.3) is 0 Å². The summed E-state index contributed by atoms with van der Waals surface area (Å²) in [5.41, 5.74) is 1.36. The van der Waals surface area contributed by atoms with Crippen molar-refractivity contribution in [2.24, 2.45) is 5.92 Å². The number of hydrogen-bond acceptors (Lipinski definition) is 0. The number of halogens is 1. The Morgan fingerprint density at radius 1 is 1.23 bits per heavy atom. The molecule has 0 unspecified atom stereocenters. The zero-order valence-electron chi connectivity index (χ0n) is 8.26. The van der Waals surface area contributed by atoms with Gasteiger partial charge in [-0.25, -0.2) is 0 Å². The van der Waals surface area contributed by atoms with E-state index in [9.17, 15) is 0 Å². The molecule has 0 aliphatic rings. The number of rotatable bonds is 4. The van der Waals surface area contributed by atoms with Crippen LogP contribution in [0.5, 0.6) is 0 Å². The van der Waals surface area contributed by atoms with Crippen molar-refractivity contribution in [1.82, 2.24) is 0 Å². The van der Waals surface area contributed by atoms with Crippen molar-refractivity contribution < 1.29 is 0 Å². The lowest BCUT2D eigenvalue weighted by molar-refractivity contribution is 0.700. The summed E-state index contributed by atoms with van der Waals surface area (Å²) < 4.78 is 0. The number of hydrogen-bond donors (Lipinski definition) is 0. The molecule has 1 rings (SSSR count). The molecule has 71 valence electrons. The lowest BCUT2D eigenvalue weighted by atomic mass is 10.0. The smallest absolute Gasteiger partial charge is 0.0406 e. The summed E-state index contributed by atoms with van der Waals surface area (Å²) in [5, 5.41) is 0.816. The normalized spacial score (nSPS) is 10.8. The molecule has 0 spiro atoms. The summed E-state index contributed by atoms with van der Waals surface area (Å²) in [6.07, 6.45) is 4.61. The van der Waals surface area contributed by atoms with Crippen molar-refractivity contribution in [1.29, 1.82) is 0 Å². The molecule has 0 nitrogen and oxygen atoms in total. The molecule has 1 aromatic carbocycles. The second-order valence-electron chi connectivity index (χ2n) is 3.64. The maximum atomic E-state index is 5.79. The van der Waals surface area contributed by atoms with Crippen molar-refractivity contribution in [2.45, 2.75) is 26.7 Å². The summed E-state index contributed by atoms with van der Waals surface area (Å²) in [4.78, 5) is 0. The topological polar surface area (TPSA) is 0 Å². The van der Waals surface area contributed by atoms with Crippen LogP contribution < -0.4 is 0 Å². The van der Waals surface area contributed by atoms with Gasteiger partial charge in [0, 0.05) is 5.02 Å². The van der Waals surface area contributed by atoms with Crippen LogP contribution in [0, 0.1) is 12.3 Å². The molecular formula is C12H16Cl. The summed E-state index contributed by atoms with van der Waals surface area (Å²) in [7, 11) is 0. The third-order valence-corrected chi connectivity index (χ3v) is 2.24. The Morgan fingerprint density at radius 2 is 1.85 bits per heavy atom. The van der Waals surface area contributed by atoms with Gasteiger partial charge in [-0.05, 0) is 42.9 Å². The average Bonchev–Trinajstić information content (AvgIpc) is 2.08. The van der Waals surface area contributed by atoms with Crippen LogP contribution in [0.4, 0.5) is 0 Å². The Bertz CT molecular complexity index is 236. The Hall–Kier alpha value is -0.490. The third kappa shape index (κ3) is 4.33. The van der Waals surface area contributed by atoms with E-state index >= 15 is 0 Å². The van der Waals surface area contributed by atoms with E-state index in [1.807, 2.05) is 12.1 Å². The zero-order chi connectivity index (χ0) is 9.68. The van der Waals surface area contributed by atoms with E-state index in [-0.39, 0.29) is 0 Å². The van der Waals surface area contributed by atoms with Gasteiger partial charge in [0.05, 0.1) is 0 Å². The molecule has 0 amide bonds. The SMILES string of the molecule is CC(C)[CH]CCc1ccc(Cl)cc1. The highest BCUT2D eigenvalue weighted by Crippen LogP contribution is 2.12. The summed E-state index contributed by atoms with van der Waals surface area (Å²) >= 11 is 5.79. The highest BCUT2D eigenvalue weighted by Gasteiger charge is 1.96. The molecule has 0 atom stereocenters. The zero-order valence-corrected chi connectivity index (χ0v) is 9.01. The van der Waals surface area contributed by atoms with Crippen LogP contribution in [0.2, 0.25) is 5.02 Å². The maximum absolute atomic E-state index is 5.79. The molecule has 0 aromatic heterocycles. The van der Waals surface area contributed by atoms with E-state index in [0.717, 1.165) is 17.9 Å². The fourth-order valence-corrected chi connectivity index (χ4v) is 1.36. The van der Waals surface area contributed by atoms with E-state index in [1.165, 1.54) is 5.56 Å². The Labute approximate surface area is 85.9 Å². The van der Waals surface area contributed by atoms with Crippen LogP contribution in [0.1, 0.15) is 25.8 Å². The van der Waals surface area contributed by atoms with E-state index in [1.54, 1.807) is 0 Å². The van der Waals surface area contributed by atoms with E-state index < -0.39 is 0 Å². The lowest BCUT2D eigenvalue weighted by Crippen LogP contribution is -1.91. The minimum Gasteiger partial charge on any atom is -0.0843 e. The molecular weight excluding hydrogens is 180 g/mol. The summed E-state index contributed by atoms with van der Waals surface area (Å²) in [6.45, 7) is 4.42. The maximum Gasteiger partial charge on any atom is 0.0406 e. The van der Waals surface area contributed by atoms with Gasteiger partial charge in [0.15, 0.2) is 0 Å². The fourth-order valence-electron chi connectivity index (χ4n) is 1.23. The second-order valence-corrected chi connectivity index (χ2v) is 4.08. The molecule has 0 saturated carbocycles. The molecule has 0 bridgehead atoms. The van der Waals surface area contributed by atoms with Gasteiger partial charge in [0.1, 0.15) is 0 Å². The van der Waals surface area contributed by atoms with Gasteiger partial charge in [-0.2, -0.15) is 0 Å². The standard InChI is InChI=1S/C12H16Cl/c1-10(2)4-3-5-11-6-8-12(13)9-7-11/h4,6-10H,3,5H2,1-2H3. The minimum absolute atomic E-state index is 0.687. The van der Waals surface area contributed by atoms with Crippen molar-refractivity contribution in [3.05, 3.63) is 41.3 Å². The van der Waals surface area contributed by atoms with Crippen LogP contribution >= 0.6 is 11.6 Å². The Morgan fingerprint density at radius 3 is 2.38 bits per heavy atom. The van der Waals surface area contributed by atoms with Crippen molar-refractivity contribution in [3.8, 4) is 0 Å². The average molecular weight is 196 g/mol. The van der Waals surface area contributed by atoms with Gasteiger partial charge in [-0.3, -0.25) is 0 Å². The largest absolute Gasteiger partial charge is 0.0843 e. The summed E-state index contributed by atoms with van der Waals surface area (Å²) in [6, 6.07) is 8.09. The van der Waals surface area contributed by atoms with Crippen LogP contribution in [0.15, 0.2) is 24.3 Å². The van der Waals surface area contributed by atoms with Gasteiger partial charge in [0.2, 0.25) is 0 Å². The molecule has 0 aliphatic heterocycles. The van der Waals surface area contributed by atoms with Gasteiger partial charge in [-0.1, -0.05) is 37.6 Å². The highest BCUT2D eigenvalue weighted by atomic mass is 35.5. The fraction of sp³-hybridized carbons (Fsp3) is 0.417. The van der Waals surface area contributed by atoms with Crippen molar-refractivity contribution in [3.63, 3.8) is 0 Å². The Balaban J connectivity index is 2.33. The molecule has 1 radical (unpaired) electrons. The minimum atomic E-state index is 0.687. The first-order valence-electron chi connectivity index (χ1n) is 4.76. The van der Waals surface area contributed by atoms with E-state index in [0.29, 0.717) is 5.92 Å². The predicted molar refractivity (Wildman–Crippen MR) is 58.9 cm³/mol. The molecule has 0 aliphatic carbocycles. The van der Waals surface area contributed by atoms with Gasteiger partial charge in [0.25, 0.3) is 0 Å². The summed E-state index contributed by atoms with van der Waals surface area (Å²) in [5.74, 6) is 0.687. The molecule has 0 heterocycles. The first-order chi connectivity index (χ1) is 6.18. The molecule has 1 aromatic rings. The third-order valence-electron chi connectivity index (χ3n) is 1.98. The molecule has 0 saturated heterocycles. The molecule has 0 N–H and O–H groups in total. The van der Waals surface area contributed by atoms with Gasteiger partial charge < -0.3 is 0 Å². The first kappa shape index (κ1) is 10.6. The van der Waals surface area contributed by atoms with Crippen LogP contribution in [-0.4, -0.2) is 0 Å². The number of aryl methyl sites for hydroxylation is 1. The van der Waals surface area contributed by atoms with Gasteiger partial charge in [-0.15, -0.1) is 0 Å². The quantitative estimate of drug-likeness (QED) is 0.678. The monoisotopic (exact) mass is 195 g/mol. The molecule has 1 heteroatoms. The van der Waals surface area contributed by atoms with Crippen LogP contribution in [-0.2, 0) is 6.42 Å². The van der Waals surface area contributed by atoms with Crippen molar-refractivity contribution in [2.75, 3.05) is 0 Å². The Kier molecular flexibility index (Phi) is 4.31. The van der Waals surface area contributed by atoms with Gasteiger partial charge >= 0.3 is 0 Å². The second kappa shape index (κ2) is 5.29. The predicted octanol–water partition coefficient (Wildman–Crippen LogP) is 4.13.